The second kappa shape index (κ2) is 3.89. The average Bonchev–Trinajstić information content (AvgIpc) is 2.31. The molecule has 0 aromatic heterocycles. The molecule has 16 heavy (non-hydrogen) atoms. The minimum Gasteiger partial charge on any atom is -0.274 e. The van der Waals surface area contributed by atoms with E-state index in [1.807, 2.05) is 6.07 Å². The number of carbonyl (C=O) groups excluding carboxylic acids is 2. The molecule has 1 aliphatic heterocycles. The summed E-state index contributed by atoms with van der Waals surface area (Å²) in [5.74, 6) is -0.499. The molecule has 0 bridgehead atoms. The summed E-state index contributed by atoms with van der Waals surface area (Å²) in [6.45, 7) is 3.17. The third-order valence-corrected chi connectivity index (χ3v) is 2.41. The van der Waals surface area contributed by atoms with E-state index in [1.54, 1.807) is 25.1 Å². The number of amides is 2. The first-order chi connectivity index (χ1) is 7.59. The van der Waals surface area contributed by atoms with Crippen molar-refractivity contribution in [1.29, 1.82) is 0 Å². The van der Waals surface area contributed by atoms with Crippen LogP contribution in [0.4, 0.5) is 11.4 Å². The number of benzene rings is 1. The maximum Gasteiger partial charge on any atom is 0.239 e. The van der Waals surface area contributed by atoms with Crippen LogP contribution < -0.4 is 4.90 Å². The van der Waals surface area contributed by atoms with E-state index in [4.69, 9.17) is 0 Å². The molecule has 0 atom stereocenters. The quantitative estimate of drug-likeness (QED) is 0.666. The number of hydrogen-bond acceptors (Lipinski definition) is 3. The number of carbonyl (C=O) groups is 2. The van der Waals surface area contributed by atoms with Crippen LogP contribution in [0.25, 0.3) is 0 Å². The van der Waals surface area contributed by atoms with E-state index in [2.05, 4.69) is 4.99 Å². The van der Waals surface area contributed by atoms with Crippen molar-refractivity contribution in [1.82, 2.24) is 0 Å². The molecule has 0 saturated heterocycles. The van der Waals surface area contributed by atoms with Crippen LogP contribution in [0.15, 0.2) is 29.3 Å². The minimum absolute atomic E-state index is 0.189. The highest BCUT2D eigenvalue weighted by molar-refractivity contribution is 6.21. The van der Waals surface area contributed by atoms with Crippen molar-refractivity contribution in [2.75, 3.05) is 4.90 Å². The number of aliphatic imine (C=N–C) groups is 1. The van der Waals surface area contributed by atoms with Crippen molar-refractivity contribution in [3.63, 3.8) is 0 Å². The Balaban J connectivity index is 2.61. The molecule has 0 fully saturated rings. The summed E-state index contributed by atoms with van der Waals surface area (Å²) in [5.41, 5.74) is 1.96. The van der Waals surface area contributed by atoms with Crippen LogP contribution in [0.2, 0.25) is 0 Å². The van der Waals surface area contributed by atoms with Crippen LogP contribution >= 0.6 is 0 Å². The zero-order valence-corrected chi connectivity index (χ0v) is 9.23. The Bertz CT molecular complexity index is 492. The summed E-state index contributed by atoms with van der Waals surface area (Å²) in [5, 5.41) is 0. The smallest absolute Gasteiger partial charge is 0.239 e. The summed E-state index contributed by atoms with van der Waals surface area (Å²) < 4.78 is 0. The second-order valence-corrected chi connectivity index (χ2v) is 3.76. The average molecular weight is 216 g/mol. The molecule has 1 aromatic carbocycles. The van der Waals surface area contributed by atoms with E-state index in [0.29, 0.717) is 11.4 Å². The molecule has 2 amide bonds. The van der Waals surface area contributed by atoms with Crippen molar-refractivity contribution in [3.05, 3.63) is 24.3 Å². The topological polar surface area (TPSA) is 49.7 Å². The molecule has 1 heterocycles. The summed E-state index contributed by atoms with van der Waals surface area (Å²) in [6.07, 6.45) is 0.189. The summed E-state index contributed by atoms with van der Waals surface area (Å²) in [7, 11) is 0. The predicted molar refractivity (Wildman–Crippen MR) is 62.0 cm³/mol. The number of hydrogen-bond donors (Lipinski definition) is 0. The van der Waals surface area contributed by atoms with Gasteiger partial charge in [-0.15, -0.1) is 0 Å². The first-order valence-corrected chi connectivity index (χ1v) is 5.06. The lowest BCUT2D eigenvalue weighted by Crippen LogP contribution is -2.35. The van der Waals surface area contributed by atoms with Gasteiger partial charge in [0.2, 0.25) is 11.8 Å². The van der Waals surface area contributed by atoms with Gasteiger partial charge in [0.1, 0.15) is 0 Å². The summed E-state index contributed by atoms with van der Waals surface area (Å²) >= 11 is 0. The van der Waals surface area contributed by atoms with Gasteiger partial charge in [0.25, 0.3) is 0 Å². The molecule has 0 N–H and O–H groups in total. The zero-order chi connectivity index (χ0) is 11.7. The van der Waals surface area contributed by atoms with Crippen molar-refractivity contribution >= 4 is 28.9 Å². The largest absolute Gasteiger partial charge is 0.274 e. The fraction of sp³-hybridized carbons (Fsp3) is 0.250. The van der Waals surface area contributed by atoms with Crippen molar-refractivity contribution in [3.8, 4) is 0 Å². The standard InChI is InChI=1S/C12H12N2O2/c1-8-7-12(16)14(9(2)15)11-6-4-3-5-10(11)13-8/h3-6H,7H2,1-2H3. The summed E-state index contributed by atoms with van der Waals surface area (Å²) in [4.78, 5) is 28.9. The molecule has 2 rings (SSSR count). The van der Waals surface area contributed by atoms with Gasteiger partial charge in [-0.3, -0.25) is 14.6 Å². The fourth-order valence-electron chi connectivity index (χ4n) is 1.77. The van der Waals surface area contributed by atoms with E-state index >= 15 is 0 Å². The Labute approximate surface area is 93.6 Å². The van der Waals surface area contributed by atoms with Gasteiger partial charge >= 0.3 is 0 Å². The third kappa shape index (κ3) is 1.74. The molecule has 1 aliphatic rings. The van der Waals surface area contributed by atoms with Crippen LogP contribution in [0.5, 0.6) is 0 Å². The lowest BCUT2D eigenvalue weighted by atomic mass is 10.2. The molecule has 0 aliphatic carbocycles. The lowest BCUT2D eigenvalue weighted by molar-refractivity contribution is -0.124. The first-order valence-electron chi connectivity index (χ1n) is 5.06. The van der Waals surface area contributed by atoms with Crippen LogP contribution in [0.3, 0.4) is 0 Å². The highest BCUT2D eigenvalue weighted by Gasteiger charge is 2.25. The minimum atomic E-state index is -0.276. The maximum absolute atomic E-state index is 11.9. The molecule has 1 aromatic rings. The Morgan fingerprint density at radius 3 is 2.75 bits per heavy atom. The van der Waals surface area contributed by atoms with Gasteiger partial charge in [0.05, 0.1) is 17.8 Å². The van der Waals surface area contributed by atoms with Gasteiger partial charge < -0.3 is 0 Å². The highest BCUT2D eigenvalue weighted by atomic mass is 16.2. The molecular formula is C12H12N2O2. The monoisotopic (exact) mass is 216 g/mol. The highest BCUT2D eigenvalue weighted by Crippen LogP contribution is 2.31. The fourth-order valence-corrected chi connectivity index (χ4v) is 1.77. The zero-order valence-electron chi connectivity index (χ0n) is 9.23. The van der Waals surface area contributed by atoms with E-state index in [1.165, 1.54) is 11.8 Å². The van der Waals surface area contributed by atoms with E-state index in [0.717, 1.165) is 5.71 Å². The molecule has 0 spiro atoms. The van der Waals surface area contributed by atoms with Gasteiger partial charge in [-0.05, 0) is 19.1 Å². The SMILES string of the molecule is CC(=O)N1C(=O)CC(C)=Nc2ccccc21. The third-order valence-electron chi connectivity index (χ3n) is 2.41. The molecule has 82 valence electrons. The van der Waals surface area contributed by atoms with Crippen molar-refractivity contribution in [2.24, 2.45) is 4.99 Å². The number of rotatable bonds is 0. The maximum atomic E-state index is 11.9. The predicted octanol–water partition coefficient (Wildman–Crippen LogP) is 2.06. The molecule has 0 unspecified atom stereocenters. The molecule has 4 heteroatoms. The van der Waals surface area contributed by atoms with Gasteiger partial charge in [-0.1, -0.05) is 12.1 Å². The van der Waals surface area contributed by atoms with Gasteiger partial charge in [-0.2, -0.15) is 0 Å². The van der Waals surface area contributed by atoms with Crippen molar-refractivity contribution in [2.45, 2.75) is 20.3 Å². The van der Waals surface area contributed by atoms with Crippen LogP contribution in [0.1, 0.15) is 20.3 Å². The van der Waals surface area contributed by atoms with Crippen molar-refractivity contribution < 1.29 is 9.59 Å². The Kier molecular flexibility index (Phi) is 2.56. The normalized spacial score (nSPS) is 15.2. The number of para-hydroxylation sites is 2. The Morgan fingerprint density at radius 1 is 1.38 bits per heavy atom. The number of fused-ring (bicyclic) bond motifs is 1. The van der Waals surface area contributed by atoms with E-state index in [-0.39, 0.29) is 18.2 Å². The van der Waals surface area contributed by atoms with Crippen LogP contribution in [-0.2, 0) is 9.59 Å². The van der Waals surface area contributed by atoms with E-state index in [9.17, 15) is 9.59 Å². The van der Waals surface area contributed by atoms with Crippen LogP contribution in [0, 0.1) is 0 Å². The summed E-state index contributed by atoms with van der Waals surface area (Å²) in [6, 6.07) is 7.16. The molecule has 0 radical (unpaired) electrons. The number of anilines is 1. The molecule has 0 saturated carbocycles. The first kappa shape index (κ1) is 10.5. The molecular weight excluding hydrogens is 204 g/mol. The molecule has 4 nitrogen and oxygen atoms in total. The van der Waals surface area contributed by atoms with Gasteiger partial charge in [0, 0.05) is 12.6 Å². The number of nitrogens with zero attached hydrogens (tertiary/aromatic N) is 2. The van der Waals surface area contributed by atoms with Crippen LogP contribution in [-0.4, -0.2) is 17.5 Å². The Morgan fingerprint density at radius 2 is 2.06 bits per heavy atom. The lowest BCUT2D eigenvalue weighted by Gasteiger charge is -2.18. The van der Waals surface area contributed by atoms with Gasteiger partial charge in [0.15, 0.2) is 0 Å². The van der Waals surface area contributed by atoms with Gasteiger partial charge in [-0.25, -0.2) is 4.90 Å². The van der Waals surface area contributed by atoms with E-state index < -0.39 is 0 Å². The second-order valence-electron chi connectivity index (χ2n) is 3.76. The Hall–Kier alpha value is -1.97. The number of imide groups is 1.